The van der Waals surface area contributed by atoms with Crippen molar-refractivity contribution < 1.29 is 22.3 Å². The molecule has 172 valence electrons. The molecule has 10 heteroatoms. The predicted molar refractivity (Wildman–Crippen MR) is 122 cm³/mol. The smallest absolute Gasteiger partial charge is 0.251 e. The summed E-state index contributed by atoms with van der Waals surface area (Å²) >= 11 is 7.86. The van der Waals surface area contributed by atoms with Crippen LogP contribution in [0.15, 0.2) is 46.2 Å². The third-order valence-electron chi connectivity index (χ3n) is 5.51. The first-order valence-corrected chi connectivity index (χ1v) is 13.1. The van der Waals surface area contributed by atoms with Crippen molar-refractivity contribution in [1.82, 2.24) is 9.62 Å². The number of ether oxygens (including phenoxy) is 1. The van der Waals surface area contributed by atoms with Gasteiger partial charge in [0.1, 0.15) is 10.7 Å². The molecule has 0 saturated carbocycles. The van der Waals surface area contributed by atoms with Crippen LogP contribution in [0.2, 0.25) is 5.02 Å². The molecule has 0 spiro atoms. The van der Waals surface area contributed by atoms with Crippen LogP contribution in [0.25, 0.3) is 0 Å². The molecule has 1 N–H and O–H groups in total. The van der Waals surface area contributed by atoms with Crippen LogP contribution in [-0.4, -0.2) is 49.7 Å². The summed E-state index contributed by atoms with van der Waals surface area (Å²) in [5.41, 5.74) is 0.909. The molecule has 3 atom stereocenters. The molecule has 0 bridgehead atoms. The summed E-state index contributed by atoms with van der Waals surface area (Å²) in [6.07, 6.45) is 0.154. The van der Waals surface area contributed by atoms with Crippen molar-refractivity contribution in [1.29, 1.82) is 0 Å². The lowest BCUT2D eigenvalue weighted by atomic mass is 10.0. The van der Waals surface area contributed by atoms with Crippen molar-refractivity contribution in [3.63, 3.8) is 0 Å². The second kappa shape index (κ2) is 9.30. The lowest BCUT2D eigenvalue weighted by Crippen LogP contribution is -2.48. The monoisotopic (exact) mass is 498 g/mol. The molecular formula is C22H24ClFN2O4S2. The van der Waals surface area contributed by atoms with Gasteiger partial charge in [-0.25, -0.2) is 12.8 Å². The van der Waals surface area contributed by atoms with Gasteiger partial charge in [0.05, 0.1) is 23.3 Å². The number of thioether (sulfide) groups is 1. The summed E-state index contributed by atoms with van der Waals surface area (Å²) < 4.78 is 47.3. The van der Waals surface area contributed by atoms with Crippen molar-refractivity contribution in [3.05, 3.63) is 58.4 Å². The molecule has 2 aromatic carbocycles. The number of rotatable bonds is 4. The van der Waals surface area contributed by atoms with Gasteiger partial charge in [-0.2, -0.15) is 4.31 Å². The van der Waals surface area contributed by atoms with Crippen LogP contribution in [0.1, 0.15) is 42.2 Å². The van der Waals surface area contributed by atoms with E-state index < -0.39 is 15.9 Å². The lowest BCUT2D eigenvalue weighted by Gasteiger charge is -2.34. The maximum Gasteiger partial charge on any atom is 0.251 e. The van der Waals surface area contributed by atoms with Crippen molar-refractivity contribution in [3.8, 4) is 0 Å². The Balaban J connectivity index is 1.59. The highest BCUT2D eigenvalue weighted by molar-refractivity contribution is 7.99. The fraction of sp³-hybridized carbons (Fsp3) is 0.409. The molecule has 2 aromatic rings. The van der Waals surface area contributed by atoms with Gasteiger partial charge in [-0.3, -0.25) is 4.79 Å². The minimum atomic E-state index is -3.91. The minimum absolute atomic E-state index is 0.0508. The molecule has 2 aliphatic rings. The average molecular weight is 499 g/mol. The summed E-state index contributed by atoms with van der Waals surface area (Å²) in [6.45, 7) is 4.04. The van der Waals surface area contributed by atoms with Crippen LogP contribution in [0.3, 0.4) is 0 Å². The van der Waals surface area contributed by atoms with Gasteiger partial charge in [0.25, 0.3) is 5.91 Å². The van der Waals surface area contributed by atoms with E-state index in [1.54, 1.807) is 17.8 Å². The third-order valence-corrected chi connectivity index (χ3v) is 8.95. The van der Waals surface area contributed by atoms with Gasteiger partial charge in [-0.15, -0.1) is 11.8 Å². The molecule has 2 aliphatic heterocycles. The Bertz CT molecular complexity index is 1130. The van der Waals surface area contributed by atoms with Gasteiger partial charge < -0.3 is 10.1 Å². The molecule has 6 nitrogen and oxygen atoms in total. The maximum atomic E-state index is 13.8. The van der Waals surface area contributed by atoms with Crippen LogP contribution in [0, 0.1) is 5.82 Å². The number of amides is 1. The molecule has 1 fully saturated rings. The minimum Gasteiger partial charge on any atom is -0.373 e. The number of carbonyl (C=O) groups excluding carboxylic acids is 1. The van der Waals surface area contributed by atoms with E-state index in [0.29, 0.717) is 6.42 Å². The largest absolute Gasteiger partial charge is 0.373 e. The molecule has 0 aromatic heterocycles. The quantitative estimate of drug-likeness (QED) is 0.682. The molecule has 1 saturated heterocycles. The number of benzene rings is 2. The number of sulfonamides is 1. The third kappa shape index (κ3) is 4.82. The summed E-state index contributed by atoms with van der Waals surface area (Å²) in [4.78, 5) is 13.8. The number of nitrogens with zero attached hydrogens (tertiary/aromatic N) is 1. The molecule has 32 heavy (non-hydrogen) atoms. The van der Waals surface area contributed by atoms with Crippen molar-refractivity contribution in [2.75, 3.05) is 18.8 Å². The van der Waals surface area contributed by atoms with E-state index in [1.165, 1.54) is 34.6 Å². The number of hydrogen-bond donors (Lipinski definition) is 1. The predicted octanol–water partition coefficient (Wildman–Crippen LogP) is 4.24. The van der Waals surface area contributed by atoms with E-state index in [2.05, 4.69) is 5.32 Å². The fourth-order valence-electron chi connectivity index (χ4n) is 4.07. The van der Waals surface area contributed by atoms with Crippen molar-refractivity contribution in [2.45, 2.75) is 48.3 Å². The zero-order chi connectivity index (χ0) is 23.0. The number of halogens is 2. The number of nitrogens with one attached hydrogen (secondary N) is 1. The highest BCUT2D eigenvalue weighted by atomic mass is 35.5. The van der Waals surface area contributed by atoms with Crippen LogP contribution < -0.4 is 5.32 Å². The molecule has 4 rings (SSSR count). The van der Waals surface area contributed by atoms with Gasteiger partial charge in [0.15, 0.2) is 0 Å². The number of morpholine rings is 1. The van der Waals surface area contributed by atoms with E-state index in [1.807, 2.05) is 13.8 Å². The van der Waals surface area contributed by atoms with Crippen LogP contribution in [0.5, 0.6) is 0 Å². The molecular weight excluding hydrogens is 475 g/mol. The second-order valence-electron chi connectivity index (χ2n) is 8.07. The number of hydrogen-bond acceptors (Lipinski definition) is 5. The summed E-state index contributed by atoms with van der Waals surface area (Å²) in [7, 11) is -3.91. The Hall–Kier alpha value is -1.65. The van der Waals surface area contributed by atoms with Crippen LogP contribution in [0.4, 0.5) is 4.39 Å². The second-order valence-corrected chi connectivity index (χ2v) is 11.5. The van der Waals surface area contributed by atoms with Gasteiger partial charge in [-0.05, 0) is 62.2 Å². The molecule has 0 aliphatic carbocycles. The van der Waals surface area contributed by atoms with Crippen LogP contribution in [-0.2, 0) is 14.8 Å². The van der Waals surface area contributed by atoms with Gasteiger partial charge in [0, 0.05) is 29.3 Å². The van der Waals surface area contributed by atoms with Gasteiger partial charge in [0.2, 0.25) is 10.0 Å². The topological polar surface area (TPSA) is 75.7 Å². The Morgan fingerprint density at radius 1 is 1.19 bits per heavy atom. The maximum absolute atomic E-state index is 13.8. The summed E-state index contributed by atoms with van der Waals surface area (Å²) in [6, 6.07) is 8.41. The first kappa shape index (κ1) is 23.5. The summed E-state index contributed by atoms with van der Waals surface area (Å²) in [5, 5.41) is 2.97. The van der Waals surface area contributed by atoms with E-state index in [-0.39, 0.29) is 52.6 Å². The normalized spacial score (nSPS) is 24.1. The van der Waals surface area contributed by atoms with E-state index in [4.69, 9.17) is 16.3 Å². The van der Waals surface area contributed by atoms with Crippen molar-refractivity contribution >= 4 is 39.3 Å². The molecule has 2 heterocycles. The highest BCUT2D eigenvalue weighted by Gasteiger charge is 2.34. The fourth-order valence-corrected chi connectivity index (χ4v) is 7.26. The lowest BCUT2D eigenvalue weighted by molar-refractivity contribution is -0.0440. The standard InChI is InChI=1S/C22H24ClFN2O4S2/c1-13-11-26(12-14(2)30-13)32(28,29)21-9-15(3-5-18(21)23)22(27)25-19-7-8-31-20-6-4-16(24)10-17(19)20/h3-6,9-10,13-14,19H,7-8,11-12H2,1-2H3,(H,25,27)/t13-,14-,19-/m1/s1. The van der Waals surface area contributed by atoms with E-state index >= 15 is 0 Å². The zero-order valence-corrected chi connectivity index (χ0v) is 20.1. The Labute approximate surface area is 196 Å². The van der Waals surface area contributed by atoms with E-state index in [9.17, 15) is 17.6 Å². The Morgan fingerprint density at radius 3 is 2.62 bits per heavy atom. The average Bonchev–Trinajstić information content (AvgIpc) is 2.73. The zero-order valence-electron chi connectivity index (χ0n) is 17.7. The van der Waals surface area contributed by atoms with Crippen molar-refractivity contribution in [2.24, 2.45) is 0 Å². The molecule has 0 radical (unpaired) electrons. The molecule has 0 unspecified atom stereocenters. The SMILES string of the molecule is C[C@@H]1CN(S(=O)(=O)c2cc(C(=O)N[C@@H]3CCSc4ccc(F)cc43)ccc2Cl)C[C@@H](C)O1. The Kier molecular flexibility index (Phi) is 6.84. The Morgan fingerprint density at radius 2 is 1.91 bits per heavy atom. The number of carbonyl (C=O) groups is 1. The highest BCUT2D eigenvalue weighted by Crippen LogP contribution is 2.37. The van der Waals surface area contributed by atoms with Crippen LogP contribution >= 0.6 is 23.4 Å². The van der Waals surface area contributed by atoms with Gasteiger partial charge >= 0.3 is 0 Å². The molecule has 1 amide bonds. The van der Waals surface area contributed by atoms with Gasteiger partial charge in [-0.1, -0.05) is 11.6 Å². The summed E-state index contributed by atoms with van der Waals surface area (Å²) in [5.74, 6) is -0.00897. The first-order chi connectivity index (χ1) is 15.1. The first-order valence-electron chi connectivity index (χ1n) is 10.3. The van der Waals surface area contributed by atoms with E-state index in [0.717, 1.165) is 16.2 Å². The number of fused-ring (bicyclic) bond motifs is 1.